The molecule has 0 amide bonds. The maximum absolute atomic E-state index is 2.27. The molecule has 0 spiro atoms. The number of rotatable bonds is 0. The average molecular weight is 353 g/mol. The van der Waals surface area contributed by atoms with Crippen LogP contribution in [0, 0.1) is 0 Å². The molecule has 0 N–H and O–H groups in total. The van der Waals surface area contributed by atoms with E-state index in [9.17, 15) is 0 Å². The first kappa shape index (κ1) is 12.0. The first-order valence-electron chi connectivity index (χ1n) is 7.04. The molecule has 0 nitrogen and oxygen atoms in total. The van der Waals surface area contributed by atoms with E-state index in [4.69, 9.17) is 0 Å². The Balaban J connectivity index is 1.91. The smallest absolute Gasteiger partial charge is 0.0898 e. The maximum atomic E-state index is 2.27. The topological polar surface area (TPSA) is 0 Å². The first-order chi connectivity index (χ1) is 10.9. The molecule has 0 aliphatic carbocycles. The summed E-state index contributed by atoms with van der Waals surface area (Å²) in [5.41, 5.74) is 0. The van der Waals surface area contributed by atoms with Crippen LogP contribution in [0.25, 0.3) is 48.4 Å². The molecule has 0 radical (unpaired) electrons. The van der Waals surface area contributed by atoms with Crippen LogP contribution in [-0.2, 0) is 0 Å². The molecular formula is C18H8S4. The van der Waals surface area contributed by atoms with Gasteiger partial charge in [0.2, 0.25) is 0 Å². The zero-order valence-corrected chi connectivity index (χ0v) is 14.5. The zero-order valence-electron chi connectivity index (χ0n) is 11.3. The van der Waals surface area contributed by atoms with Crippen LogP contribution >= 0.6 is 45.3 Å². The van der Waals surface area contributed by atoms with E-state index >= 15 is 0 Å². The van der Waals surface area contributed by atoms with Crippen molar-refractivity contribution in [1.82, 2.24) is 0 Å². The SMILES string of the molecule is c1ccc2c(c1)sc1sc3c(sc4sc5ccccc5c43)c12. The normalized spacial score (nSPS) is 12.5. The zero-order chi connectivity index (χ0) is 14.3. The molecule has 4 aromatic heterocycles. The Morgan fingerprint density at radius 2 is 0.955 bits per heavy atom. The van der Waals surface area contributed by atoms with Crippen LogP contribution in [0.1, 0.15) is 0 Å². The van der Waals surface area contributed by atoms with Gasteiger partial charge in [0, 0.05) is 30.9 Å². The lowest BCUT2D eigenvalue weighted by Gasteiger charge is -1.89. The van der Waals surface area contributed by atoms with Gasteiger partial charge >= 0.3 is 0 Å². The van der Waals surface area contributed by atoms with Crippen molar-refractivity contribution in [2.75, 3.05) is 0 Å². The largest absolute Gasteiger partial charge is 0.124 e. The van der Waals surface area contributed by atoms with Crippen LogP contribution in [0.15, 0.2) is 48.5 Å². The van der Waals surface area contributed by atoms with Gasteiger partial charge in [-0.05, 0) is 12.1 Å². The fraction of sp³-hybridized carbons (Fsp3) is 0. The molecular weight excluding hydrogens is 344 g/mol. The van der Waals surface area contributed by atoms with E-state index in [-0.39, 0.29) is 0 Å². The molecule has 0 saturated carbocycles. The predicted octanol–water partition coefficient (Wildman–Crippen LogP) is 7.70. The van der Waals surface area contributed by atoms with E-state index in [0.29, 0.717) is 0 Å². The minimum Gasteiger partial charge on any atom is -0.124 e. The molecule has 0 aliphatic rings. The van der Waals surface area contributed by atoms with Crippen LogP contribution in [0.2, 0.25) is 0 Å². The van der Waals surface area contributed by atoms with Crippen molar-refractivity contribution < 1.29 is 0 Å². The van der Waals surface area contributed by atoms with Gasteiger partial charge in [-0.25, -0.2) is 0 Å². The van der Waals surface area contributed by atoms with Crippen molar-refractivity contribution in [2.24, 2.45) is 0 Å². The number of fused-ring (bicyclic) bond motifs is 9. The highest BCUT2D eigenvalue weighted by molar-refractivity contribution is 7.51. The Morgan fingerprint density at radius 3 is 1.45 bits per heavy atom. The summed E-state index contributed by atoms with van der Waals surface area (Å²) in [5.74, 6) is 0. The van der Waals surface area contributed by atoms with E-state index in [0.717, 1.165) is 0 Å². The summed E-state index contributed by atoms with van der Waals surface area (Å²) in [5, 5.41) is 5.81. The van der Waals surface area contributed by atoms with Gasteiger partial charge in [-0.2, -0.15) is 0 Å². The fourth-order valence-corrected chi connectivity index (χ4v) is 9.01. The number of hydrogen-bond acceptors (Lipinski definition) is 4. The monoisotopic (exact) mass is 352 g/mol. The second kappa shape index (κ2) is 4.09. The summed E-state index contributed by atoms with van der Waals surface area (Å²) in [4.78, 5) is 0. The molecule has 6 rings (SSSR count). The Hall–Kier alpha value is -1.46. The first-order valence-corrected chi connectivity index (χ1v) is 10.3. The van der Waals surface area contributed by atoms with E-state index in [2.05, 4.69) is 48.5 Å². The Kier molecular flexibility index (Phi) is 2.23. The van der Waals surface area contributed by atoms with Gasteiger partial charge in [0.1, 0.15) is 0 Å². The van der Waals surface area contributed by atoms with Gasteiger partial charge in [-0.3, -0.25) is 0 Å². The van der Waals surface area contributed by atoms with Gasteiger partial charge in [0.15, 0.2) is 0 Å². The van der Waals surface area contributed by atoms with Crippen LogP contribution < -0.4 is 0 Å². The molecule has 0 unspecified atom stereocenters. The second-order valence-electron chi connectivity index (χ2n) is 5.38. The van der Waals surface area contributed by atoms with Crippen LogP contribution in [-0.4, -0.2) is 0 Å². The number of benzene rings is 2. The Bertz CT molecular complexity index is 1220. The molecule has 0 bridgehead atoms. The fourth-order valence-electron chi connectivity index (χ4n) is 3.23. The second-order valence-corrected chi connectivity index (χ2v) is 10.0. The van der Waals surface area contributed by atoms with E-state index in [1.54, 1.807) is 0 Å². The molecule has 0 atom stereocenters. The molecule has 0 saturated heterocycles. The Labute approximate surface area is 141 Å². The summed E-state index contributed by atoms with van der Waals surface area (Å²) < 4.78 is 8.74. The maximum Gasteiger partial charge on any atom is 0.0898 e. The molecule has 4 heteroatoms. The van der Waals surface area contributed by atoms with Gasteiger partial charge in [-0.1, -0.05) is 36.4 Å². The predicted molar refractivity (Wildman–Crippen MR) is 105 cm³/mol. The minimum absolute atomic E-state index is 1.41. The summed E-state index contributed by atoms with van der Waals surface area (Å²) in [6.07, 6.45) is 0. The lowest BCUT2D eigenvalue weighted by molar-refractivity contribution is 1.87. The average Bonchev–Trinajstić information content (AvgIpc) is 3.22. The van der Waals surface area contributed by atoms with Crippen molar-refractivity contribution in [1.29, 1.82) is 0 Å². The summed E-state index contributed by atoms with van der Waals surface area (Å²) in [6, 6.07) is 17.6. The lowest BCUT2D eigenvalue weighted by atomic mass is 10.2. The molecule has 0 fully saturated rings. The molecule has 6 aromatic rings. The highest BCUT2D eigenvalue weighted by atomic mass is 32.2. The highest BCUT2D eigenvalue weighted by Crippen LogP contribution is 2.53. The molecule has 22 heavy (non-hydrogen) atoms. The van der Waals surface area contributed by atoms with Crippen molar-refractivity contribution >= 4 is 93.7 Å². The minimum atomic E-state index is 1.41. The third-order valence-electron chi connectivity index (χ3n) is 4.18. The quantitative estimate of drug-likeness (QED) is 0.263. The third kappa shape index (κ3) is 1.37. The molecule has 2 aromatic carbocycles. The molecule has 104 valence electrons. The lowest BCUT2D eigenvalue weighted by Crippen LogP contribution is -1.62. The van der Waals surface area contributed by atoms with Crippen LogP contribution in [0.4, 0.5) is 0 Å². The highest BCUT2D eigenvalue weighted by Gasteiger charge is 2.19. The molecule has 4 heterocycles. The standard InChI is InChI=1S/C18H8S4/c1-3-7-11-9(5-1)13-15-16(22-17(13)19-11)14-10-6-2-4-8-12(10)20-18(14)21-15/h1-8H. The number of thiophene rings is 4. The third-order valence-corrected chi connectivity index (χ3v) is 9.24. The number of hydrogen-bond donors (Lipinski definition) is 0. The van der Waals surface area contributed by atoms with Crippen molar-refractivity contribution in [3.05, 3.63) is 48.5 Å². The van der Waals surface area contributed by atoms with Crippen LogP contribution in [0.3, 0.4) is 0 Å². The summed E-state index contributed by atoms with van der Waals surface area (Å²) in [6.45, 7) is 0. The van der Waals surface area contributed by atoms with Crippen molar-refractivity contribution in [3.63, 3.8) is 0 Å². The van der Waals surface area contributed by atoms with Crippen molar-refractivity contribution in [3.8, 4) is 0 Å². The van der Waals surface area contributed by atoms with E-state index in [1.165, 1.54) is 48.4 Å². The van der Waals surface area contributed by atoms with Gasteiger partial charge in [0.05, 0.1) is 17.4 Å². The van der Waals surface area contributed by atoms with Crippen molar-refractivity contribution in [2.45, 2.75) is 0 Å². The van der Waals surface area contributed by atoms with Gasteiger partial charge < -0.3 is 0 Å². The van der Waals surface area contributed by atoms with Crippen LogP contribution in [0.5, 0.6) is 0 Å². The Morgan fingerprint density at radius 1 is 0.500 bits per heavy atom. The van der Waals surface area contributed by atoms with Gasteiger partial charge in [-0.15, -0.1) is 45.3 Å². The summed E-state index contributed by atoms with van der Waals surface area (Å²) in [7, 11) is 0. The van der Waals surface area contributed by atoms with E-state index < -0.39 is 0 Å². The van der Waals surface area contributed by atoms with E-state index in [1.807, 2.05) is 45.3 Å². The summed E-state index contributed by atoms with van der Waals surface area (Å²) >= 11 is 7.83. The van der Waals surface area contributed by atoms with Gasteiger partial charge in [0.25, 0.3) is 0 Å². The molecule has 0 aliphatic heterocycles.